The lowest BCUT2D eigenvalue weighted by molar-refractivity contribution is -0.143. The van der Waals surface area contributed by atoms with Gasteiger partial charge in [0.25, 0.3) is 0 Å². The Labute approximate surface area is 479 Å². The second-order valence-corrected chi connectivity index (χ2v) is 20.3. The van der Waals surface area contributed by atoms with E-state index in [1.807, 2.05) is 0 Å². The molecular formula is C51H84N14O18. The molecule has 0 heterocycles. The number of rotatable bonds is 40. The van der Waals surface area contributed by atoms with Crippen LogP contribution in [0, 0.1) is 11.8 Å². The highest BCUT2D eigenvalue weighted by Gasteiger charge is 2.36. The van der Waals surface area contributed by atoms with Crippen molar-refractivity contribution in [3.63, 3.8) is 0 Å². The fraction of sp³-hybridized carbons (Fsp3) is 0.627. The number of hydrogen-bond acceptors (Lipinski definition) is 18. The van der Waals surface area contributed by atoms with Crippen molar-refractivity contribution in [1.82, 2.24) is 47.9 Å². The van der Waals surface area contributed by atoms with Crippen LogP contribution in [0.15, 0.2) is 29.3 Å². The summed E-state index contributed by atoms with van der Waals surface area (Å²) in [5, 5.41) is 79.8. The Kier molecular flexibility index (Phi) is 33.1. The van der Waals surface area contributed by atoms with Crippen molar-refractivity contribution in [3.8, 4) is 5.75 Å². The number of carbonyl (C=O) groups is 12. The van der Waals surface area contributed by atoms with Crippen LogP contribution < -0.4 is 70.8 Å². The number of carboxylic acid groups (broad SMARTS) is 3. The summed E-state index contributed by atoms with van der Waals surface area (Å²) in [5.41, 5.74) is 22.5. The van der Waals surface area contributed by atoms with Gasteiger partial charge in [0.2, 0.25) is 53.2 Å². The Morgan fingerprint density at radius 2 is 0.952 bits per heavy atom. The molecule has 0 bridgehead atoms. The first-order valence-electron chi connectivity index (χ1n) is 26.8. The van der Waals surface area contributed by atoms with Crippen molar-refractivity contribution in [3.05, 3.63) is 29.8 Å². The van der Waals surface area contributed by atoms with Crippen LogP contribution in [0.1, 0.15) is 104 Å². The van der Waals surface area contributed by atoms with Crippen LogP contribution in [-0.4, -0.2) is 194 Å². The van der Waals surface area contributed by atoms with Crippen molar-refractivity contribution in [2.45, 2.75) is 166 Å². The zero-order valence-electron chi connectivity index (χ0n) is 47.2. The average Bonchev–Trinajstić information content (AvgIpc) is 3.47. The van der Waals surface area contributed by atoms with Gasteiger partial charge in [-0.15, -0.1) is 0 Å². The van der Waals surface area contributed by atoms with Gasteiger partial charge in [0, 0.05) is 25.8 Å². The van der Waals surface area contributed by atoms with Gasteiger partial charge in [-0.1, -0.05) is 39.8 Å². The maximum atomic E-state index is 14.1. The highest BCUT2D eigenvalue weighted by atomic mass is 16.4. The van der Waals surface area contributed by atoms with E-state index in [0.717, 1.165) is 0 Å². The number of aliphatic imine (C=N–C) groups is 1. The number of guanidine groups is 1. The molecule has 0 aliphatic carbocycles. The number of amides is 9. The van der Waals surface area contributed by atoms with Crippen LogP contribution in [0.3, 0.4) is 0 Å². The summed E-state index contributed by atoms with van der Waals surface area (Å²) < 4.78 is 0. The van der Waals surface area contributed by atoms with Gasteiger partial charge in [0.15, 0.2) is 5.96 Å². The number of nitrogens with zero attached hydrogens (tertiary/aromatic N) is 1. The van der Waals surface area contributed by atoms with Crippen LogP contribution in [0.4, 0.5) is 0 Å². The fourth-order valence-electron chi connectivity index (χ4n) is 7.73. The number of carboxylic acids is 3. The Morgan fingerprint density at radius 3 is 1.47 bits per heavy atom. The molecule has 0 aromatic heterocycles. The molecule has 10 unspecified atom stereocenters. The molecule has 9 amide bonds. The van der Waals surface area contributed by atoms with Gasteiger partial charge in [0.05, 0.1) is 19.3 Å². The lowest BCUT2D eigenvalue weighted by Crippen LogP contribution is -2.61. The van der Waals surface area contributed by atoms with Crippen LogP contribution in [0.5, 0.6) is 5.75 Å². The van der Waals surface area contributed by atoms with E-state index in [1.54, 1.807) is 13.8 Å². The number of benzene rings is 1. The predicted octanol–water partition coefficient (Wildman–Crippen LogP) is -5.67. The lowest BCUT2D eigenvalue weighted by Gasteiger charge is -2.28. The van der Waals surface area contributed by atoms with E-state index in [4.69, 9.17) is 28.0 Å². The van der Waals surface area contributed by atoms with Gasteiger partial charge in [-0.25, -0.2) is 4.79 Å². The molecule has 0 spiro atoms. The first-order chi connectivity index (χ1) is 38.9. The number of nitrogens with two attached hydrogens (primary N) is 4. The van der Waals surface area contributed by atoms with Crippen molar-refractivity contribution in [2.24, 2.45) is 39.8 Å². The number of phenols is 1. The number of nitrogens with one attached hydrogen (secondary N) is 9. The Balaban J connectivity index is 3.44. The Morgan fingerprint density at radius 1 is 0.506 bits per heavy atom. The van der Waals surface area contributed by atoms with E-state index < -0.39 is 170 Å². The molecule has 1 aromatic rings. The highest BCUT2D eigenvalue weighted by molar-refractivity contribution is 5.98. The van der Waals surface area contributed by atoms with Crippen LogP contribution in [0.2, 0.25) is 0 Å². The van der Waals surface area contributed by atoms with E-state index in [9.17, 15) is 83.1 Å². The molecule has 0 fully saturated rings. The van der Waals surface area contributed by atoms with Crippen LogP contribution in [0.25, 0.3) is 0 Å². The fourth-order valence-corrected chi connectivity index (χ4v) is 7.73. The third-order valence-corrected chi connectivity index (χ3v) is 12.4. The molecule has 0 radical (unpaired) electrons. The number of aliphatic hydroxyl groups excluding tert-OH is 2. The molecule has 32 nitrogen and oxygen atoms in total. The molecule has 0 aliphatic heterocycles. The van der Waals surface area contributed by atoms with Crippen LogP contribution >= 0.6 is 0 Å². The van der Waals surface area contributed by atoms with Gasteiger partial charge < -0.3 is 101 Å². The summed E-state index contributed by atoms with van der Waals surface area (Å²) in [5.74, 6) is -14.6. The van der Waals surface area contributed by atoms with Gasteiger partial charge in [-0.05, 0) is 94.4 Å². The van der Waals surface area contributed by atoms with Crippen molar-refractivity contribution in [1.29, 1.82) is 0 Å². The molecule has 0 saturated heterocycles. The third kappa shape index (κ3) is 28.4. The van der Waals surface area contributed by atoms with Gasteiger partial charge in [-0.2, -0.15) is 0 Å². The largest absolute Gasteiger partial charge is 0.508 e. The highest BCUT2D eigenvalue weighted by Crippen LogP contribution is 2.14. The van der Waals surface area contributed by atoms with Crippen molar-refractivity contribution < 1.29 is 88.2 Å². The summed E-state index contributed by atoms with van der Waals surface area (Å²) in [7, 11) is 0. The Hall–Kier alpha value is -8.23. The van der Waals surface area contributed by atoms with E-state index in [1.165, 1.54) is 45.0 Å². The number of carbonyl (C=O) groups excluding carboxylic acids is 9. The van der Waals surface area contributed by atoms with E-state index in [2.05, 4.69) is 52.8 Å². The molecule has 1 aromatic carbocycles. The van der Waals surface area contributed by atoms with E-state index in [-0.39, 0.29) is 69.2 Å². The number of hydrogen-bond donors (Lipinski definition) is 19. The number of aromatic hydroxyl groups is 1. The molecular weight excluding hydrogens is 1100 g/mol. The third-order valence-electron chi connectivity index (χ3n) is 12.4. The van der Waals surface area contributed by atoms with Gasteiger partial charge >= 0.3 is 17.9 Å². The number of aliphatic hydroxyl groups is 2. The smallest absolute Gasteiger partial charge is 0.326 e. The molecule has 1 rings (SSSR count). The van der Waals surface area contributed by atoms with E-state index >= 15 is 0 Å². The van der Waals surface area contributed by atoms with E-state index in [0.29, 0.717) is 18.4 Å². The minimum atomic E-state index is -1.82. The normalized spacial score (nSPS) is 14.7. The number of aliphatic carboxylic acids is 3. The quantitative estimate of drug-likeness (QED) is 0.0165. The summed E-state index contributed by atoms with van der Waals surface area (Å²) in [6.07, 6.45) is -1.68. The molecule has 23 N–H and O–H groups in total. The van der Waals surface area contributed by atoms with Crippen molar-refractivity contribution >= 4 is 77.0 Å². The molecule has 0 aliphatic rings. The first-order valence-corrected chi connectivity index (χ1v) is 26.8. The topological polar surface area (TPSA) is 551 Å². The monoisotopic (exact) mass is 1180 g/mol. The second-order valence-electron chi connectivity index (χ2n) is 20.3. The van der Waals surface area contributed by atoms with Gasteiger partial charge in [0.1, 0.15) is 60.1 Å². The summed E-state index contributed by atoms with van der Waals surface area (Å²) >= 11 is 0. The standard InChI is InChI=1S/C51H84N14O18/c1-25(2)21-34(45(77)64-37(24-67)47(79)60-33(50(82)83)9-6-7-19-52)61-46(78)35(22-28-11-13-29(68)14-12-28)62-48(80)36(23-66)63-41(73)27(5)57-43(75)31(10-8-20-56-51(54)55)58-44(76)32(16-18-39(71)72)59-49(81)40(26(3)4)65-42(74)30(53)15-17-38(69)70/h11-14,25-27,30-37,40,66-68H,6-10,15-24,52-53H2,1-5H3,(H,57,75)(H,58,76)(H,59,81)(H,60,79)(H,61,78)(H,62,80)(H,63,73)(H,64,77)(H,65,74)(H,69,70)(H,71,72)(H,82,83)(H4,54,55,56). The average molecular weight is 1180 g/mol. The molecule has 32 heteroatoms. The summed E-state index contributed by atoms with van der Waals surface area (Å²) in [6.45, 7) is 5.79. The predicted molar refractivity (Wildman–Crippen MR) is 295 cm³/mol. The van der Waals surface area contributed by atoms with Crippen molar-refractivity contribution in [2.75, 3.05) is 26.3 Å². The Bertz CT molecular complexity index is 2390. The molecule has 0 saturated carbocycles. The number of unbranched alkanes of at least 4 members (excludes halogenated alkanes) is 1. The minimum absolute atomic E-state index is 0.00289. The molecule has 83 heavy (non-hydrogen) atoms. The van der Waals surface area contributed by atoms with Crippen LogP contribution in [-0.2, 0) is 64.0 Å². The SMILES string of the molecule is CC(C)CC(NC(=O)C(Cc1ccc(O)cc1)NC(=O)C(CO)NC(=O)C(C)NC(=O)C(CCCN=C(N)N)NC(=O)C(CCC(=O)O)NC(=O)C(NC(=O)C(N)CCC(=O)O)C(C)C)C(=O)NC(CO)C(=O)NC(CCCCN)C(=O)O. The summed E-state index contributed by atoms with van der Waals surface area (Å²) in [6, 6.07) is -9.92. The maximum Gasteiger partial charge on any atom is 0.326 e. The molecule has 466 valence electrons. The molecule has 10 atom stereocenters. The lowest BCUT2D eigenvalue weighted by atomic mass is 10.0. The maximum absolute atomic E-state index is 14.1. The van der Waals surface area contributed by atoms with Gasteiger partial charge in [-0.3, -0.25) is 57.7 Å². The zero-order chi connectivity index (χ0) is 63.1. The number of phenolic OH excluding ortho intramolecular Hbond substituents is 1. The zero-order valence-corrected chi connectivity index (χ0v) is 47.2. The first kappa shape index (κ1) is 72.8. The second kappa shape index (κ2) is 37.7. The summed E-state index contributed by atoms with van der Waals surface area (Å²) in [4.78, 5) is 161. The minimum Gasteiger partial charge on any atom is -0.508 e.